The van der Waals surface area contributed by atoms with Crippen LogP contribution in [0.4, 0.5) is 0 Å². The Morgan fingerprint density at radius 1 is 1.19 bits per heavy atom. The van der Waals surface area contributed by atoms with Gasteiger partial charge in [-0.15, -0.1) is 0 Å². The quantitative estimate of drug-likeness (QED) is 0.377. The molecular weight excluding hydrogens is 361 g/mol. The van der Waals surface area contributed by atoms with Crippen LogP contribution in [0.25, 0.3) is 0 Å². The van der Waals surface area contributed by atoms with Crippen LogP contribution in [0, 0.1) is 5.92 Å². The summed E-state index contributed by atoms with van der Waals surface area (Å²) in [6, 6.07) is 6.79. The van der Waals surface area contributed by atoms with E-state index in [4.69, 9.17) is 15.5 Å². The first-order valence-electron chi connectivity index (χ1n) is 10.3. The van der Waals surface area contributed by atoms with Gasteiger partial charge in [-0.2, -0.15) is 0 Å². The number of fused-ring (bicyclic) bond motifs is 1. The van der Waals surface area contributed by atoms with E-state index < -0.39 is 13.4 Å². The second-order valence-electron chi connectivity index (χ2n) is 8.33. The number of rotatable bonds is 11. The van der Waals surface area contributed by atoms with E-state index in [9.17, 15) is 4.57 Å². The molecule has 0 aromatic heterocycles. The standard InChI is InChI=1S/C21H36NO4P/c1-3-4-5-6-7-8-9-17-10-11-19-15-20(13-12-18(19)14-17)21(2,22)16-26-27(23,24)25/h10-11,14,20H,3-9,12-13,15-16,22H2,1-2H3,(H2,23,24,25)/t20?,21-/m0/s1. The number of hydrogen-bond donors (Lipinski definition) is 3. The van der Waals surface area contributed by atoms with Crippen LogP contribution in [0.2, 0.25) is 0 Å². The van der Waals surface area contributed by atoms with Crippen LogP contribution >= 0.6 is 7.82 Å². The van der Waals surface area contributed by atoms with E-state index in [-0.39, 0.29) is 12.5 Å². The van der Waals surface area contributed by atoms with Crippen molar-refractivity contribution in [2.75, 3.05) is 6.61 Å². The van der Waals surface area contributed by atoms with E-state index in [2.05, 4.69) is 29.6 Å². The van der Waals surface area contributed by atoms with Crippen molar-refractivity contribution in [2.45, 2.75) is 83.6 Å². The molecule has 0 fully saturated rings. The number of unbranched alkanes of at least 4 members (excludes halogenated alkanes) is 5. The normalized spacial score (nSPS) is 19.5. The van der Waals surface area contributed by atoms with Crippen molar-refractivity contribution >= 4 is 7.82 Å². The third kappa shape index (κ3) is 7.67. The van der Waals surface area contributed by atoms with E-state index in [0.717, 1.165) is 25.7 Å². The molecular formula is C21H36NO4P. The molecule has 0 radical (unpaired) electrons. The van der Waals surface area contributed by atoms with E-state index >= 15 is 0 Å². The Hall–Kier alpha value is -0.710. The number of aryl methyl sites for hydroxylation is 2. The second-order valence-corrected chi connectivity index (χ2v) is 9.57. The highest BCUT2D eigenvalue weighted by atomic mass is 31.2. The Balaban J connectivity index is 1.86. The monoisotopic (exact) mass is 397 g/mol. The third-order valence-corrected chi connectivity index (χ3v) is 6.26. The molecule has 1 aromatic rings. The molecule has 5 nitrogen and oxygen atoms in total. The lowest BCUT2D eigenvalue weighted by molar-refractivity contribution is 0.121. The molecule has 0 bridgehead atoms. The van der Waals surface area contributed by atoms with E-state index in [1.807, 2.05) is 6.92 Å². The Bertz CT molecular complexity index is 641. The number of phosphoric ester groups is 1. The first-order valence-corrected chi connectivity index (χ1v) is 11.8. The van der Waals surface area contributed by atoms with Gasteiger partial charge in [-0.3, -0.25) is 4.52 Å². The average molecular weight is 397 g/mol. The summed E-state index contributed by atoms with van der Waals surface area (Å²) in [5.41, 5.74) is 9.71. The number of benzene rings is 1. The molecule has 1 unspecified atom stereocenters. The van der Waals surface area contributed by atoms with Crippen molar-refractivity contribution in [3.8, 4) is 0 Å². The molecule has 6 heteroatoms. The summed E-state index contributed by atoms with van der Waals surface area (Å²) < 4.78 is 15.6. The average Bonchev–Trinajstić information content (AvgIpc) is 2.62. The van der Waals surface area contributed by atoms with Crippen molar-refractivity contribution in [3.05, 3.63) is 34.9 Å². The van der Waals surface area contributed by atoms with Crippen LogP contribution in [0.3, 0.4) is 0 Å². The molecule has 2 rings (SSSR count). The highest BCUT2D eigenvalue weighted by Gasteiger charge is 2.35. The van der Waals surface area contributed by atoms with Gasteiger partial charge in [0.2, 0.25) is 0 Å². The number of hydrogen-bond acceptors (Lipinski definition) is 3. The lowest BCUT2D eigenvalue weighted by atomic mass is 9.74. The summed E-state index contributed by atoms with van der Waals surface area (Å²) in [5, 5.41) is 0. The van der Waals surface area contributed by atoms with Gasteiger partial charge in [0, 0.05) is 5.54 Å². The highest BCUT2D eigenvalue weighted by Crippen LogP contribution is 2.39. The van der Waals surface area contributed by atoms with E-state index in [1.165, 1.54) is 55.2 Å². The van der Waals surface area contributed by atoms with Crippen LogP contribution in [0.5, 0.6) is 0 Å². The Morgan fingerprint density at radius 2 is 1.89 bits per heavy atom. The van der Waals surface area contributed by atoms with Gasteiger partial charge in [-0.1, -0.05) is 57.2 Å². The fourth-order valence-electron chi connectivity index (χ4n) is 3.98. The van der Waals surface area contributed by atoms with E-state index in [1.54, 1.807) is 0 Å². The predicted octanol–water partition coefficient (Wildman–Crippen LogP) is 4.52. The highest BCUT2D eigenvalue weighted by molar-refractivity contribution is 7.46. The minimum atomic E-state index is -4.49. The van der Waals surface area contributed by atoms with Crippen LogP contribution in [-0.4, -0.2) is 21.9 Å². The Labute approximate surface area is 163 Å². The Morgan fingerprint density at radius 3 is 2.59 bits per heavy atom. The van der Waals surface area contributed by atoms with Gasteiger partial charge in [0.25, 0.3) is 0 Å². The summed E-state index contributed by atoms with van der Waals surface area (Å²) in [6.45, 7) is 3.94. The van der Waals surface area contributed by atoms with Crippen LogP contribution < -0.4 is 5.73 Å². The molecule has 0 saturated heterocycles. The lowest BCUT2D eigenvalue weighted by Gasteiger charge is -2.37. The maximum absolute atomic E-state index is 11.0. The summed E-state index contributed by atoms with van der Waals surface area (Å²) in [7, 11) is -4.49. The summed E-state index contributed by atoms with van der Waals surface area (Å²) >= 11 is 0. The largest absolute Gasteiger partial charge is 0.469 e. The van der Waals surface area contributed by atoms with Gasteiger partial charge in [-0.05, 0) is 61.6 Å². The molecule has 2 atom stereocenters. The van der Waals surface area contributed by atoms with Crippen LogP contribution in [0.1, 0.15) is 75.5 Å². The van der Waals surface area contributed by atoms with Gasteiger partial charge in [-0.25, -0.2) is 4.57 Å². The second kappa shape index (κ2) is 10.2. The molecule has 1 aliphatic carbocycles. The first kappa shape index (κ1) is 22.6. The van der Waals surface area contributed by atoms with Gasteiger partial charge in [0.15, 0.2) is 0 Å². The smallest absolute Gasteiger partial charge is 0.323 e. The van der Waals surface area contributed by atoms with Crippen molar-refractivity contribution in [1.29, 1.82) is 0 Å². The number of phosphoric acid groups is 1. The van der Waals surface area contributed by atoms with Gasteiger partial charge in [0.05, 0.1) is 6.61 Å². The van der Waals surface area contributed by atoms with Crippen LogP contribution in [0.15, 0.2) is 18.2 Å². The van der Waals surface area contributed by atoms with Crippen molar-refractivity contribution in [3.63, 3.8) is 0 Å². The van der Waals surface area contributed by atoms with Crippen molar-refractivity contribution in [1.82, 2.24) is 0 Å². The minimum Gasteiger partial charge on any atom is -0.323 e. The molecule has 27 heavy (non-hydrogen) atoms. The molecule has 0 spiro atoms. The van der Waals surface area contributed by atoms with Gasteiger partial charge >= 0.3 is 7.82 Å². The molecule has 4 N–H and O–H groups in total. The molecule has 154 valence electrons. The van der Waals surface area contributed by atoms with Gasteiger partial charge in [0.1, 0.15) is 0 Å². The summed E-state index contributed by atoms with van der Waals surface area (Å²) in [6.07, 6.45) is 11.8. The number of nitrogens with two attached hydrogens (primary N) is 1. The van der Waals surface area contributed by atoms with Crippen molar-refractivity contribution < 1.29 is 18.9 Å². The summed E-state index contributed by atoms with van der Waals surface area (Å²) in [5.74, 6) is 0.154. The fourth-order valence-corrected chi connectivity index (χ4v) is 4.42. The predicted molar refractivity (Wildman–Crippen MR) is 110 cm³/mol. The molecule has 0 saturated carbocycles. The SMILES string of the molecule is CCCCCCCCc1ccc2c(c1)CCC([C@@](C)(N)COP(=O)(O)O)C2. The zero-order valence-corrected chi connectivity index (χ0v) is 17.7. The molecule has 1 aliphatic rings. The lowest BCUT2D eigenvalue weighted by Crippen LogP contribution is -2.50. The zero-order chi connectivity index (χ0) is 19.9. The zero-order valence-electron chi connectivity index (χ0n) is 16.8. The maximum Gasteiger partial charge on any atom is 0.469 e. The van der Waals surface area contributed by atoms with Gasteiger partial charge < -0.3 is 15.5 Å². The molecule has 1 aromatic carbocycles. The molecule has 0 amide bonds. The third-order valence-electron chi connectivity index (χ3n) is 5.79. The maximum atomic E-state index is 11.0. The molecule has 0 heterocycles. The fraction of sp³-hybridized carbons (Fsp3) is 0.714. The topological polar surface area (TPSA) is 92.8 Å². The molecule has 0 aliphatic heterocycles. The van der Waals surface area contributed by atoms with Crippen molar-refractivity contribution in [2.24, 2.45) is 11.7 Å². The summed E-state index contributed by atoms with van der Waals surface area (Å²) in [4.78, 5) is 17.9. The first-order chi connectivity index (χ1) is 12.7. The van der Waals surface area contributed by atoms with E-state index in [0.29, 0.717) is 0 Å². The van der Waals surface area contributed by atoms with Crippen LogP contribution in [-0.2, 0) is 28.4 Å². The minimum absolute atomic E-state index is 0.132. The Kier molecular flexibility index (Phi) is 8.51.